The molecule has 1 aromatic rings. The maximum atomic E-state index is 12.3. The number of hydrogen-bond acceptors (Lipinski definition) is 4. The number of nitrogens with one attached hydrogen (secondary N) is 2. The molecule has 0 radical (unpaired) electrons. The van der Waals surface area contributed by atoms with Crippen molar-refractivity contribution in [1.29, 1.82) is 0 Å². The third-order valence-electron chi connectivity index (χ3n) is 4.11. The van der Waals surface area contributed by atoms with Crippen molar-refractivity contribution in [2.45, 2.75) is 42.8 Å². The van der Waals surface area contributed by atoms with E-state index >= 15 is 0 Å². The molecule has 0 aliphatic carbocycles. The van der Waals surface area contributed by atoms with Crippen LogP contribution in [0.5, 0.6) is 0 Å². The first-order valence-corrected chi connectivity index (χ1v) is 8.13. The molecule has 0 bridgehead atoms. The van der Waals surface area contributed by atoms with Crippen LogP contribution in [0, 0.1) is 0 Å². The van der Waals surface area contributed by atoms with Gasteiger partial charge in [-0.25, -0.2) is 13.1 Å². The maximum Gasteiger partial charge on any atom is 0.242 e. The van der Waals surface area contributed by atoms with Crippen LogP contribution in [0.2, 0.25) is 0 Å². The highest BCUT2D eigenvalue weighted by atomic mass is 32.2. The largest absolute Gasteiger partial charge is 0.390 e. The molecule has 0 saturated carbocycles. The highest BCUT2D eigenvalue weighted by Gasteiger charge is 2.39. The second-order valence-corrected chi connectivity index (χ2v) is 6.99. The average Bonchev–Trinajstić information content (AvgIpc) is 3.05. The fourth-order valence-corrected chi connectivity index (χ4v) is 4.47. The fraction of sp³-hybridized carbons (Fsp3) is 0.667. The molecule has 3 N–H and O–H groups in total. The Kier molecular flexibility index (Phi) is 3.38. The minimum Gasteiger partial charge on any atom is -0.390 e. The maximum absolute atomic E-state index is 12.3. The molecule has 0 aromatic carbocycles. The van der Waals surface area contributed by atoms with E-state index in [9.17, 15) is 8.42 Å². The summed E-state index contributed by atoms with van der Waals surface area (Å²) in [6.45, 7) is 1.88. The van der Waals surface area contributed by atoms with Crippen LogP contribution in [0.3, 0.4) is 0 Å². The molecule has 3 heterocycles. The Bertz CT molecular complexity index is 554. The Morgan fingerprint density at radius 1 is 1.42 bits per heavy atom. The number of aromatic nitrogens is 1. The van der Waals surface area contributed by atoms with E-state index < -0.39 is 10.0 Å². The molecule has 7 heteroatoms. The summed E-state index contributed by atoms with van der Waals surface area (Å²) in [5.74, 6) is 0. The van der Waals surface area contributed by atoms with Crippen molar-refractivity contribution in [3.63, 3.8) is 0 Å². The molecular weight excluding hydrogens is 266 g/mol. The van der Waals surface area contributed by atoms with Gasteiger partial charge in [-0.3, -0.25) is 4.90 Å². The van der Waals surface area contributed by atoms with Crippen molar-refractivity contribution in [2.75, 3.05) is 13.1 Å². The molecule has 1 aromatic heterocycles. The van der Waals surface area contributed by atoms with E-state index in [-0.39, 0.29) is 17.5 Å². The summed E-state index contributed by atoms with van der Waals surface area (Å²) in [5, 5.41) is 8.97. The predicted molar refractivity (Wildman–Crippen MR) is 70.0 cm³/mol. The zero-order valence-electron chi connectivity index (χ0n) is 10.7. The minimum absolute atomic E-state index is 0.0139. The van der Waals surface area contributed by atoms with Gasteiger partial charge in [-0.05, 0) is 31.9 Å². The van der Waals surface area contributed by atoms with Gasteiger partial charge >= 0.3 is 0 Å². The lowest BCUT2D eigenvalue weighted by molar-refractivity contribution is 0.277. The Morgan fingerprint density at radius 3 is 3.00 bits per heavy atom. The number of hydrogen-bond donors (Lipinski definition) is 3. The molecule has 2 aliphatic heterocycles. The van der Waals surface area contributed by atoms with Crippen molar-refractivity contribution in [3.8, 4) is 0 Å². The second kappa shape index (κ2) is 4.90. The van der Waals surface area contributed by atoms with Gasteiger partial charge < -0.3 is 10.1 Å². The first-order chi connectivity index (χ1) is 9.10. The van der Waals surface area contributed by atoms with Gasteiger partial charge in [-0.15, -0.1) is 0 Å². The van der Waals surface area contributed by atoms with Crippen LogP contribution in [0.1, 0.15) is 25.0 Å². The molecule has 106 valence electrons. The molecule has 2 saturated heterocycles. The molecule has 0 amide bonds. The molecule has 2 atom stereocenters. The van der Waals surface area contributed by atoms with Crippen LogP contribution in [0.25, 0.3) is 0 Å². The highest BCUT2D eigenvalue weighted by molar-refractivity contribution is 7.89. The summed E-state index contributed by atoms with van der Waals surface area (Å²) in [7, 11) is -3.49. The molecule has 6 nitrogen and oxygen atoms in total. The lowest BCUT2D eigenvalue weighted by Crippen LogP contribution is -2.42. The second-order valence-electron chi connectivity index (χ2n) is 5.28. The van der Waals surface area contributed by atoms with Crippen LogP contribution in [-0.4, -0.2) is 48.6 Å². The zero-order valence-corrected chi connectivity index (χ0v) is 11.5. The van der Waals surface area contributed by atoms with E-state index in [0.717, 1.165) is 32.4 Å². The van der Waals surface area contributed by atoms with Crippen molar-refractivity contribution >= 4 is 10.0 Å². The average molecular weight is 285 g/mol. The van der Waals surface area contributed by atoms with E-state index in [0.29, 0.717) is 11.7 Å². The molecular formula is C12H19N3O3S. The number of aliphatic hydroxyl groups excluding tert-OH is 1. The number of rotatable bonds is 4. The molecule has 2 fully saturated rings. The molecule has 2 unspecified atom stereocenters. The van der Waals surface area contributed by atoms with Gasteiger partial charge in [0.25, 0.3) is 0 Å². The van der Waals surface area contributed by atoms with E-state index in [1.165, 1.54) is 12.3 Å². The van der Waals surface area contributed by atoms with Crippen LogP contribution < -0.4 is 4.72 Å². The van der Waals surface area contributed by atoms with Crippen LogP contribution in [0.4, 0.5) is 0 Å². The van der Waals surface area contributed by atoms with Gasteiger partial charge in [-0.1, -0.05) is 0 Å². The van der Waals surface area contributed by atoms with Crippen molar-refractivity contribution in [3.05, 3.63) is 18.0 Å². The van der Waals surface area contributed by atoms with Gasteiger partial charge in [0.15, 0.2) is 0 Å². The number of aliphatic hydroxyl groups is 1. The van der Waals surface area contributed by atoms with Gasteiger partial charge in [0, 0.05) is 30.5 Å². The van der Waals surface area contributed by atoms with Gasteiger partial charge in [0.05, 0.1) is 11.5 Å². The quantitative estimate of drug-likeness (QED) is 0.728. The first kappa shape index (κ1) is 13.1. The smallest absolute Gasteiger partial charge is 0.242 e. The Hall–Kier alpha value is -0.890. The normalized spacial score (nSPS) is 27.8. The van der Waals surface area contributed by atoms with Crippen molar-refractivity contribution < 1.29 is 13.5 Å². The van der Waals surface area contributed by atoms with Crippen LogP contribution in [-0.2, 0) is 16.6 Å². The van der Waals surface area contributed by atoms with E-state index in [4.69, 9.17) is 5.11 Å². The highest BCUT2D eigenvalue weighted by Crippen LogP contribution is 2.29. The van der Waals surface area contributed by atoms with E-state index in [1.807, 2.05) is 0 Å². The first-order valence-electron chi connectivity index (χ1n) is 6.65. The summed E-state index contributed by atoms with van der Waals surface area (Å²) in [6.07, 6.45) is 4.53. The number of fused-ring (bicyclic) bond motifs is 1. The van der Waals surface area contributed by atoms with Gasteiger partial charge in [-0.2, -0.15) is 0 Å². The molecule has 3 rings (SSSR count). The lowest BCUT2D eigenvalue weighted by Gasteiger charge is -2.20. The minimum atomic E-state index is -3.49. The fourth-order valence-electron chi connectivity index (χ4n) is 3.15. The van der Waals surface area contributed by atoms with Crippen LogP contribution >= 0.6 is 0 Å². The molecule has 2 aliphatic rings. The predicted octanol–water partition coefficient (Wildman–Crippen LogP) is 0.0220. The van der Waals surface area contributed by atoms with Gasteiger partial charge in [0.1, 0.15) is 0 Å². The Labute approximate surface area is 112 Å². The lowest BCUT2D eigenvalue weighted by atomic mass is 10.1. The number of H-pyrrole nitrogens is 1. The van der Waals surface area contributed by atoms with Crippen LogP contribution in [0.15, 0.2) is 17.2 Å². The third kappa shape index (κ3) is 2.43. The van der Waals surface area contributed by atoms with E-state index in [1.54, 1.807) is 0 Å². The summed E-state index contributed by atoms with van der Waals surface area (Å²) < 4.78 is 27.4. The monoisotopic (exact) mass is 285 g/mol. The Balaban J connectivity index is 1.74. The zero-order chi connectivity index (χ0) is 13.5. The third-order valence-corrected chi connectivity index (χ3v) is 5.58. The number of aromatic amines is 1. The SMILES string of the molecule is O=S(=O)(NC1CCN2CCCC12)c1c[nH]c(CO)c1. The number of nitrogens with zero attached hydrogens (tertiary/aromatic N) is 1. The number of sulfonamides is 1. The summed E-state index contributed by atoms with van der Waals surface area (Å²) in [6, 6.07) is 1.84. The van der Waals surface area contributed by atoms with Crippen molar-refractivity contribution in [2.24, 2.45) is 0 Å². The Morgan fingerprint density at radius 2 is 2.26 bits per heavy atom. The van der Waals surface area contributed by atoms with Gasteiger partial charge in [0.2, 0.25) is 10.0 Å². The summed E-state index contributed by atoms with van der Waals surface area (Å²) in [4.78, 5) is 5.32. The summed E-state index contributed by atoms with van der Waals surface area (Å²) in [5.41, 5.74) is 0.509. The molecule has 0 spiro atoms. The standard InChI is InChI=1S/C12H19N3O3S/c16-8-9-6-10(7-13-9)19(17,18)14-11-3-5-15-4-1-2-12(11)15/h6-7,11-14,16H,1-5,8H2. The van der Waals surface area contributed by atoms with Crippen molar-refractivity contribution in [1.82, 2.24) is 14.6 Å². The topological polar surface area (TPSA) is 85.4 Å². The summed E-state index contributed by atoms with van der Waals surface area (Å²) >= 11 is 0. The molecule has 19 heavy (non-hydrogen) atoms. The van der Waals surface area contributed by atoms with E-state index in [2.05, 4.69) is 14.6 Å².